The number of piperidine rings is 1. The number of aromatic nitrogens is 1. The summed E-state index contributed by atoms with van der Waals surface area (Å²) in [5.74, 6) is 0.762. The predicted molar refractivity (Wildman–Crippen MR) is 109 cm³/mol. The fraction of sp³-hybridized carbons (Fsp3) is 0.333. The van der Waals surface area contributed by atoms with Gasteiger partial charge in [-0.3, -0.25) is 9.78 Å². The van der Waals surface area contributed by atoms with Crippen LogP contribution >= 0.6 is 24.0 Å². The zero-order valence-electron chi connectivity index (χ0n) is 14.7. The van der Waals surface area contributed by atoms with Crippen molar-refractivity contribution in [3.8, 4) is 0 Å². The lowest BCUT2D eigenvalue weighted by molar-refractivity contribution is -0.111. The zero-order chi connectivity index (χ0) is 17.4. The number of nitrogens with one attached hydrogen (secondary N) is 1. The van der Waals surface area contributed by atoms with Gasteiger partial charge in [0.15, 0.2) is 5.78 Å². The molecule has 2 aliphatic rings. The van der Waals surface area contributed by atoms with E-state index in [0.717, 1.165) is 48.3 Å². The van der Waals surface area contributed by atoms with E-state index in [1.54, 1.807) is 6.92 Å². The molecule has 2 aromatic rings. The largest absolute Gasteiger partial charge is 0.317 e. The Balaban J connectivity index is 0.00000196. The smallest absolute Gasteiger partial charge is 0.160 e. The topological polar surface area (TPSA) is 42.0 Å². The van der Waals surface area contributed by atoms with Crippen molar-refractivity contribution in [1.82, 2.24) is 10.3 Å². The van der Waals surface area contributed by atoms with Gasteiger partial charge in [-0.05, 0) is 79.7 Å². The van der Waals surface area contributed by atoms with Crippen molar-refractivity contribution in [1.29, 1.82) is 0 Å². The predicted octanol–water partition coefficient (Wildman–Crippen LogP) is 4.73. The number of Topliss-reactive ketones (excluding diaryl/α,β-unsaturated/α-hetero) is 1. The normalized spacial score (nSPS) is 19.5. The van der Waals surface area contributed by atoms with Crippen molar-refractivity contribution in [2.24, 2.45) is 5.92 Å². The van der Waals surface area contributed by atoms with E-state index >= 15 is 0 Å². The molecule has 1 unspecified atom stereocenters. The summed E-state index contributed by atoms with van der Waals surface area (Å²) in [6, 6.07) is 9.96. The van der Waals surface area contributed by atoms with Gasteiger partial charge in [0, 0.05) is 22.7 Å². The van der Waals surface area contributed by atoms with E-state index < -0.39 is 0 Å². The molecule has 4 rings (SSSR count). The Kier molecular flexibility index (Phi) is 5.81. The van der Waals surface area contributed by atoms with Gasteiger partial charge in [0.1, 0.15) is 0 Å². The van der Waals surface area contributed by atoms with Gasteiger partial charge in [-0.15, -0.1) is 12.4 Å². The summed E-state index contributed by atoms with van der Waals surface area (Å²) in [5, 5.41) is 4.11. The molecule has 2 heterocycles. The summed E-state index contributed by atoms with van der Waals surface area (Å²) in [6.45, 7) is 3.68. The van der Waals surface area contributed by atoms with Crippen LogP contribution in [-0.2, 0) is 4.79 Å². The van der Waals surface area contributed by atoms with Crippen LogP contribution in [0.4, 0.5) is 0 Å². The van der Waals surface area contributed by atoms with E-state index in [0.29, 0.717) is 10.9 Å². The Hall–Kier alpha value is -1.68. The van der Waals surface area contributed by atoms with Gasteiger partial charge in [0.05, 0.1) is 5.69 Å². The number of hydrogen-bond acceptors (Lipinski definition) is 3. The van der Waals surface area contributed by atoms with Crippen molar-refractivity contribution in [3.63, 3.8) is 0 Å². The number of pyridine rings is 1. The first-order chi connectivity index (χ1) is 12.1. The van der Waals surface area contributed by atoms with Crippen molar-refractivity contribution >= 4 is 41.4 Å². The van der Waals surface area contributed by atoms with Gasteiger partial charge in [-0.2, -0.15) is 0 Å². The monoisotopic (exact) mass is 388 g/mol. The average Bonchev–Trinajstić information content (AvgIpc) is 2.77. The van der Waals surface area contributed by atoms with Crippen molar-refractivity contribution in [2.75, 3.05) is 13.1 Å². The summed E-state index contributed by atoms with van der Waals surface area (Å²) >= 11 is 6.28. The van der Waals surface area contributed by atoms with Gasteiger partial charge in [0.2, 0.25) is 0 Å². The lowest BCUT2D eigenvalue weighted by Crippen LogP contribution is -2.32. The molecule has 1 saturated heterocycles. The van der Waals surface area contributed by atoms with Crippen LogP contribution in [0.2, 0.25) is 5.02 Å². The van der Waals surface area contributed by atoms with Crippen LogP contribution in [0.15, 0.2) is 36.5 Å². The minimum absolute atomic E-state index is 0. The highest BCUT2D eigenvalue weighted by atomic mass is 35.5. The maximum atomic E-state index is 12.4. The second kappa shape index (κ2) is 7.91. The molecule has 0 radical (unpaired) electrons. The molecule has 0 saturated carbocycles. The molecule has 0 amide bonds. The standard InChI is InChI=1S/C21H21ClN2O.ClH/c1-13(25)18-11-15-3-2-8-24-21(15)20(14-6-9-23-10-7-14)17-5-4-16(22)12-19(17)18;/h2-5,8,11-12,14,20,23H,6-7,9-10H2,1H3;1H. The van der Waals surface area contributed by atoms with Crippen molar-refractivity contribution < 1.29 is 4.79 Å². The molecule has 1 atom stereocenters. The third kappa shape index (κ3) is 3.44. The van der Waals surface area contributed by atoms with E-state index in [1.807, 2.05) is 30.5 Å². The van der Waals surface area contributed by atoms with Gasteiger partial charge >= 0.3 is 0 Å². The minimum atomic E-state index is 0. The maximum absolute atomic E-state index is 12.4. The highest BCUT2D eigenvalue weighted by molar-refractivity contribution is 6.31. The number of halogens is 2. The highest BCUT2D eigenvalue weighted by Crippen LogP contribution is 2.44. The summed E-state index contributed by atoms with van der Waals surface area (Å²) in [5.41, 5.74) is 4.98. The van der Waals surface area contributed by atoms with Gasteiger partial charge in [0.25, 0.3) is 0 Å². The minimum Gasteiger partial charge on any atom is -0.317 e. The first kappa shape index (κ1) is 19.1. The van der Waals surface area contributed by atoms with Crippen molar-refractivity contribution in [3.05, 3.63) is 63.9 Å². The summed E-state index contributed by atoms with van der Waals surface area (Å²) < 4.78 is 0. The Morgan fingerprint density at radius 3 is 2.73 bits per heavy atom. The summed E-state index contributed by atoms with van der Waals surface area (Å²) in [4.78, 5) is 17.1. The van der Waals surface area contributed by atoms with Crippen molar-refractivity contribution in [2.45, 2.75) is 25.7 Å². The first-order valence-corrected chi connectivity index (χ1v) is 9.21. The van der Waals surface area contributed by atoms with E-state index in [-0.39, 0.29) is 24.1 Å². The van der Waals surface area contributed by atoms with Crippen LogP contribution in [0, 0.1) is 5.92 Å². The molecular formula is C21H22Cl2N2O. The number of carbonyl (C=O) groups is 1. The summed E-state index contributed by atoms with van der Waals surface area (Å²) in [6.07, 6.45) is 6.06. The number of benzene rings is 1. The number of nitrogens with zero attached hydrogens (tertiary/aromatic N) is 1. The Bertz CT molecular complexity index is 857. The third-order valence-electron chi connectivity index (χ3n) is 5.34. The molecular weight excluding hydrogens is 367 g/mol. The molecule has 1 N–H and O–H groups in total. The maximum Gasteiger partial charge on any atom is 0.160 e. The third-order valence-corrected chi connectivity index (χ3v) is 5.58. The van der Waals surface area contributed by atoms with Crippen LogP contribution < -0.4 is 5.32 Å². The van der Waals surface area contributed by atoms with Gasteiger partial charge in [-0.1, -0.05) is 23.7 Å². The van der Waals surface area contributed by atoms with Crippen LogP contribution in [-0.4, -0.2) is 23.9 Å². The van der Waals surface area contributed by atoms with Crippen LogP contribution in [0.3, 0.4) is 0 Å². The molecule has 0 bridgehead atoms. The lowest BCUT2D eigenvalue weighted by Gasteiger charge is -2.32. The van der Waals surface area contributed by atoms with Crippen LogP contribution in [0.25, 0.3) is 11.6 Å². The van der Waals surface area contributed by atoms with E-state index in [2.05, 4.69) is 17.4 Å². The molecule has 0 spiro atoms. The fourth-order valence-corrected chi connectivity index (χ4v) is 4.34. The number of fused-ring (bicyclic) bond motifs is 2. The van der Waals surface area contributed by atoms with Crippen LogP contribution in [0.5, 0.6) is 0 Å². The second-order valence-corrected chi connectivity index (χ2v) is 7.33. The van der Waals surface area contributed by atoms with E-state index in [9.17, 15) is 4.79 Å². The molecule has 1 aromatic heterocycles. The lowest BCUT2D eigenvalue weighted by atomic mass is 9.76. The Morgan fingerprint density at radius 2 is 2.00 bits per heavy atom. The van der Waals surface area contributed by atoms with E-state index in [4.69, 9.17) is 16.6 Å². The van der Waals surface area contributed by atoms with Gasteiger partial charge in [-0.25, -0.2) is 0 Å². The number of rotatable bonds is 2. The van der Waals surface area contributed by atoms with Gasteiger partial charge < -0.3 is 5.32 Å². The fourth-order valence-electron chi connectivity index (χ4n) is 4.17. The molecule has 1 aliphatic heterocycles. The number of ketones is 1. The SMILES string of the molecule is CC(=O)C1=Cc2cccnc2C(C2CCNCC2)c2ccc(Cl)cc21.Cl. The summed E-state index contributed by atoms with van der Waals surface area (Å²) in [7, 11) is 0. The van der Waals surface area contributed by atoms with E-state index in [1.165, 1.54) is 5.56 Å². The second-order valence-electron chi connectivity index (χ2n) is 6.89. The molecule has 26 heavy (non-hydrogen) atoms. The molecule has 5 heteroatoms. The first-order valence-electron chi connectivity index (χ1n) is 8.83. The molecule has 1 aromatic carbocycles. The molecule has 1 fully saturated rings. The number of hydrogen-bond donors (Lipinski definition) is 1. The number of carbonyl (C=O) groups excluding carboxylic acids is 1. The molecule has 3 nitrogen and oxygen atoms in total. The molecule has 1 aliphatic carbocycles. The molecule has 136 valence electrons. The Morgan fingerprint density at radius 1 is 1.23 bits per heavy atom. The highest BCUT2D eigenvalue weighted by Gasteiger charge is 2.33. The van der Waals surface area contributed by atoms with Crippen LogP contribution in [0.1, 0.15) is 48.1 Å². The Labute approximate surface area is 165 Å². The zero-order valence-corrected chi connectivity index (χ0v) is 16.2. The average molecular weight is 389 g/mol. The number of allylic oxidation sites excluding steroid dienone is 1. The quantitative estimate of drug-likeness (QED) is 0.808.